The molecule has 0 spiro atoms. The van der Waals surface area contributed by atoms with Gasteiger partial charge in [0.05, 0.1) is 10.8 Å². The van der Waals surface area contributed by atoms with E-state index in [1.165, 1.54) is 11.8 Å². The molecule has 0 aliphatic carbocycles. The number of piperidine rings is 1. The molecule has 1 amide bonds. The number of likely N-dealkylation sites (tertiary alicyclic amines) is 1. The van der Waals surface area contributed by atoms with Gasteiger partial charge in [-0.25, -0.2) is 0 Å². The average molecular weight is 349 g/mol. The number of rotatable bonds is 4. The van der Waals surface area contributed by atoms with E-state index in [0.717, 1.165) is 30.7 Å². The lowest BCUT2D eigenvalue weighted by Crippen LogP contribution is -2.52. The van der Waals surface area contributed by atoms with Crippen molar-refractivity contribution in [1.82, 2.24) is 4.90 Å². The maximum Gasteiger partial charge on any atom is 0.233 e. The Labute approximate surface area is 142 Å². The van der Waals surface area contributed by atoms with Crippen molar-refractivity contribution in [3.05, 3.63) is 29.3 Å². The minimum absolute atomic E-state index is 0. The van der Waals surface area contributed by atoms with Crippen LogP contribution in [0.25, 0.3) is 0 Å². The quantitative estimate of drug-likeness (QED) is 0.845. The Morgan fingerprint density at radius 1 is 1.48 bits per heavy atom. The molecular weight excluding hydrogens is 327 g/mol. The summed E-state index contributed by atoms with van der Waals surface area (Å²) in [6, 6.07) is 7.84. The minimum atomic E-state index is 0. The van der Waals surface area contributed by atoms with Crippen molar-refractivity contribution in [2.45, 2.75) is 43.2 Å². The maximum atomic E-state index is 12.4. The van der Waals surface area contributed by atoms with Crippen LogP contribution in [-0.4, -0.2) is 35.2 Å². The lowest BCUT2D eigenvalue weighted by Gasteiger charge is -2.38. The highest BCUT2D eigenvalue weighted by atomic mass is 35.5. The van der Waals surface area contributed by atoms with Gasteiger partial charge in [-0.15, -0.1) is 24.2 Å². The van der Waals surface area contributed by atoms with Crippen molar-refractivity contribution in [1.29, 1.82) is 0 Å². The number of hydrogen-bond acceptors (Lipinski definition) is 3. The summed E-state index contributed by atoms with van der Waals surface area (Å²) in [4.78, 5) is 15.3. The van der Waals surface area contributed by atoms with Crippen molar-refractivity contribution in [3.8, 4) is 0 Å². The van der Waals surface area contributed by atoms with Crippen molar-refractivity contribution in [3.63, 3.8) is 0 Å². The van der Waals surface area contributed by atoms with E-state index >= 15 is 0 Å². The van der Waals surface area contributed by atoms with Crippen LogP contribution in [0.3, 0.4) is 0 Å². The van der Waals surface area contributed by atoms with Crippen molar-refractivity contribution >= 4 is 41.7 Å². The lowest BCUT2D eigenvalue weighted by molar-refractivity contribution is -0.132. The second-order valence-corrected chi connectivity index (χ2v) is 6.65. The number of amides is 1. The van der Waals surface area contributed by atoms with Gasteiger partial charge in [-0.1, -0.05) is 23.7 Å². The van der Waals surface area contributed by atoms with Gasteiger partial charge in [0.1, 0.15) is 0 Å². The highest BCUT2D eigenvalue weighted by Gasteiger charge is 2.28. The van der Waals surface area contributed by atoms with Crippen LogP contribution in [0.5, 0.6) is 0 Å². The molecule has 0 saturated carbocycles. The van der Waals surface area contributed by atoms with Crippen LogP contribution in [0.15, 0.2) is 29.2 Å². The summed E-state index contributed by atoms with van der Waals surface area (Å²) in [5, 5.41) is 0.702. The first-order valence-electron chi connectivity index (χ1n) is 7.02. The van der Waals surface area contributed by atoms with E-state index in [0.29, 0.717) is 10.8 Å². The van der Waals surface area contributed by atoms with Crippen molar-refractivity contribution in [2.24, 2.45) is 5.73 Å². The molecule has 1 aliphatic rings. The molecule has 118 valence electrons. The van der Waals surface area contributed by atoms with Crippen LogP contribution in [0, 0.1) is 0 Å². The zero-order valence-corrected chi connectivity index (χ0v) is 14.5. The summed E-state index contributed by atoms with van der Waals surface area (Å²) in [6.45, 7) is 2.81. The van der Waals surface area contributed by atoms with E-state index in [4.69, 9.17) is 17.3 Å². The molecule has 0 aromatic heterocycles. The molecule has 1 fully saturated rings. The normalized spacial score (nSPS) is 19.8. The van der Waals surface area contributed by atoms with Crippen molar-refractivity contribution in [2.75, 3.05) is 12.3 Å². The Bertz CT molecular complexity index is 471. The van der Waals surface area contributed by atoms with Crippen LogP contribution < -0.4 is 5.73 Å². The Balaban J connectivity index is 0.00000220. The Hall–Kier alpha value is -0.420. The number of carbonyl (C=O) groups is 1. The summed E-state index contributed by atoms with van der Waals surface area (Å²) in [6.07, 6.45) is 3.25. The Morgan fingerprint density at radius 2 is 2.19 bits per heavy atom. The van der Waals surface area contributed by atoms with Crippen LogP contribution in [-0.2, 0) is 4.79 Å². The number of halogens is 2. The summed E-state index contributed by atoms with van der Waals surface area (Å²) in [7, 11) is 0. The third-order valence-corrected chi connectivity index (χ3v) is 5.16. The Morgan fingerprint density at radius 3 is 2.86 bits per heavy atom. The van der Waals surface area contributed by atoms with Gasteiger partial charge in [0, 0.05) is 23.5 Å². The van der Waals surface area contributed by atoms with Gasteiger partial charge in [0.2, 0.25) is 5.91 Å². The molecule has 1 heterocycles. The molecule has 2 atom stereocenters. The van der Waals surface area contributed by atoms with Gasteiger partial charge in [0.25, 0.3) is 0 Å². The largest absolute Gasteiger partial charge is 0.337 e. The fourth-order valence-electron chi connectivity index (χ4n) is 2.60. The lowest BCUT2D eigenvalue weighted by atomic mass is 9.97. The smallest absolute Gasteiger partial charge is 0.233 e. The number of carbonyl (C=O) groups excluding carboxylic acids is 1. The summed E-state index contributed by atoms with van der Waals surface area (Å²) in [5.41, 5.74) is 6.00. The van der Waals surface area contributed by atoms with Crippen LogP contribution in [0.2, 0.25) is 5.02 Å². The van der Waals surface area contributed by atoms with Gasteiger partial charge in [-0.05, 0) is 38.3 Å². The Kier molecular flexibility index (Phi) is 7.88. The van der Waals surface area contributed by atoms with Gasteiger partial charge in [0.15, 0.2) is 0 Å². The third kappa shape index (κ3) is 5.06. The van der Waals surface area contributed by atoms with E-state index in [9.17, 15) is 4.79 Å². The zero-order chi connectivity index (χ0) is 14.5. The molecule has 2 rings (SSSR count). The fraction of sp³-hybridized carbons (Fsp3) is 0.533. The van der Waals surface area contributed by atoms with E-state index in [-0.39, 0.29) is 30.4 Å². The molecule has 3 nitrogen and oxygen atoms in total. The summed E-state index contributed by atoms with van der Waals surface area (Å²) in [5.74, 6) is 0.587. The van der Waals surface area contributed by atoms with Gasteiger partial charge >= 0.3 is 0 Å². The van der Waals surface area contributed by atoms with Crippen LogP contribution >= 0.6 is 35.8 Å². The van der Waals surface area contributed by atoms with Gasteiger partial charge < -0.3 is 10.6 Å². The van der Waals surface area contributed by atoms with Crippen molar-refractivity contribution < 1.29 is 4.79 Å². The molecule has 1 aromatic rings. The van der Waals surface area contributed by atoms with Gasteiger partial charge in [-0.2, -0.15) is 0 Å². The molecule has 1 saturated heterocycles. The summed E-state index contributed by atoms with van der Waals surface area (Å²) >= 11 is 7.61. The zero-order valence-electron chi connectivity index (χ0n) is 12.1. The first-order valence-corrected chi connectivity index (χ1v) is 8.38. The predicted octanol–water partition coefficient (Wildman–Crippen LogP) is 3.58. The van der Waals surface area contributed by atoms with E-state index in [1.807, 2.05) is 36.1 Å². The second-order valence-electron chi connectivity index (χ2n) is 5.23. The van der Waals surface area contributed by atoms with Crippen LogP contribution in [0.4, 0.5) is 0 Å². The number of thioether (sulfide) groups is 1. The highest BCUT2D eigenvalue weighted by Crippen LogP contribution is 2.28. The molecule has 0 bridgehead atoms. The summed E-state index contributed by atoms with van der Waals surface area (Å²) < 4.78 is 0. The number of nitrogens with two attached hydrogens (primary N) is 1. The molecule has 1 aliphatic heterocycles. The molecule has 21 heavy (non-hydrogen) atoms. The topological polar surface area (TPSA) is 46.3 Å². The molecule has 2 unspecified atom stereocenters. The first kappa shape index (κ1) is 18.6. The van der Waals surface area contributed by atoms with Crippen LogP contribution in [0.1, 0.15) is 26.2 Å². The molecule has 1 aromatic carbocycles. The molecule has 6 heteroatoms. The molecular formula is C15H22Cl2N2OS. The van der Waals surface area contributed by atoms with E-state index in [1.54, 1.807) is 0 Å². The van der Waals surface area contributed by atoms with E-state index in [2.05, 4.69) is 0 Å². The number of benzene rings is 1. The SMILES string of the molecule is CC(N)C1CCCCN1C(=O)CSc1ccccc1Cl.Cl. The fourth-order valence-corrected chi connectivity index (χ4v) is 3.72. The van der Waals surface area contributed by atoms with Gasteiger partial charge in [-0.3, -0.25) is 4.79 Å². The average Bonchev–Trinajstić information content (AvgIpc) is 2.46. The number of nitrogens with zero attached hydrogens (tertiary/aromatic N) is 1. The maximum absolute atomic E-state index is 12.4. The first-order chi connectivity index (χ1) is 9.59. The number of hydrogen-bond donors (Lipinski definition) is 1. The monoisotopic (exact) mass is 348 g/mol. The molecule has 0 radical (unpaired) electrons. The predicted molar refractivity (Wildman–Crippen MR) is 92.4 cm³/mol. The second kappa shape index (κ2) is 8.89. The minimum Gasteiger partial charge on any atom is -0.337 e. The highest BCUT2D eigenvalue weighted by molar-refractivity contribution is 8.00. The molecule has 2 N–H and O–H groups in total. The van der Waals surface area contributed by atoms with E-state index < -0.39 is 0 Å². The third-order valence-electron chi connectivity index (χ3n) is 3.66. The standard InChI is InChI=1S/C15H21ClN2OS.ClH/c1-11(17)13-7-4-5-9-18(13)15(19)10-20-14-8-3-2-6-12(14)16;/h2-3,6,8,11,13H,4-5,7,9-10,17H2,1H3;1H.